The molecule has 0 saturated heterocycles. The lowest BCUT2D eigenvalue weighted by Crippen LogP contribution is -2.18. The van der Waals surface area contributed by atoms with Crippen molar-refractivity contribution in [3.8, 4) is 6.07 Å². The minimum atomic E-state index is 0.239. The first kappa shape index (κ1) is 13.6. The molecule has 0 unspecified atom stereocenters. The molecule has 0 radical (unpaired) electrons. The summed E-state index contributed by atoms with van der Waals surface area (Å²) < 4.78 is 0. The van der Waals surface area contributed by atoms with Crippen LogP contribution in [0.2, 0.25) is 5.02 Å². The van der Waals surface area contributed by atoms with E-state index in [0.717, 1.165) is 17.1 Å². The average molecular weight is 271 g/mol. The van der Waals surface area contributed by atoms with Crippen LogP contribution in [0.25, 0.3) is 0 Å². The first-order chi connectivity index (χ1) is 9.19. The second-order valence-corrected chi connectivity index (χ2v) is 4.90. The molecule has 0 aromatic heterocycles. The van der Waals surface area contributed by atoms with Crippen LogP contribution in [-0.2, 0) is 6.54 Å². The Hall–Kier alpha value is -1.82. The first-order valence-corrected chi connectivity index (χ1v) is 6.55. The molecular formula is C16H15ClN2. The van der Waals surface area contributed by atoms with E-state index in [1.807, 2.05) is 48.5 Å². The number of nitrogens with one attached hydrogen (secondary N) is 1. The molecule has 0 fully saturated rings. The lowest BCUT2D eigenvalue weighted by molar-refractivity contribution is 0.574. The van der Waals surface area contributed by atoms with Crippen molar-refractivity contribution in [1.82, 2.24) is 5.32 Å². The molecule has 0 amide bonds. The average Bonchev–Trinajstić information content (AvgIpc) is 2.46. The smallest absolute Gasteiger partial charge is 0.0991 e. The molecule has 0 saturated carbocycles. The van der Waals surface area contributed by atoms with Crippen molar-refractivity contribution in [1.29, 1.82) is 5.26 Å². The Morgan fingerprint density at radius 2 is 1.95 bits per heavy atom. The molecule has 2 nitrogen and oxygen atoms in total. The number of nitriles is 1. The van der Waals surface area contributed by atoms with Crippen molar-refractivity contribution < 1.29 is 0 Å². The van der Waals surface area contributed by atoms with Gasteiger partial charge in [0.15, 0.2) is 0 Å². The molecule has 1 N–H and O–H groups in total. The molecule has 0 spiro atoms. The number of hydrogen-bond acceptors (Lipinski definition) is 2. The van der Waals surface area contributed by atoms with Crippen LogP contribution in [0.4, 0.5) is 0 Å². The van der Waals surface area contributed by atoms with E-state index in [0.29, 0.717) is 5.56 Å². The molecule has 19 heavy (non-hydrogen) atoms. The van der Waals surface area contributed by atoms with E-state index < -0.39 is 0 Å². The van der Waals surface area contributed by atoms with Gasteiger partial charge in [0.2, 0.25) is 0 Å². The molecule has 0 aliphatic carbocycles. The van der Waals surface area contributed by atoms with Crippen LogP contribution in [0.5, 0.6) is 0 Å². The van der Waals surface area contributed by atoms with E-state index in [-0.39, 0.29) is 6.04 Å². The largest absolute Gasteiger partial charge is 0.306 e. The summed E-state index contributed by atoms with van der Waals surface area (Å²) in [6, 6.07) is 17.9. The summed E-state index contributed by atoms with van der Waals surface area (Å²) in [5.74, 6) is 0. The highest BCUT2D eigenvalue weighted by atomic mass is 35.5. The van der Waals surface area contributed by atoms with Crippen LogP contribution in [0.15, 0.2) is 48.5 Å². The highest BCUT2D eigenvalue weighted by Crippen LogP contribution is 2.16. The van der Waals surface area contributed by atoms with E-state index >= 15 is 0 Å². The maximum Gasteiger partial charge on any atom is 0.0991 e. The number of hydrogen-bond donors (Lipinski definition) is 1. The summed E-state index contributed by atoms with van der Waals surface area (Å²) in [6.07, 6.45) is 0. The van der Waals surface area contributed by atoms with Crippen molar-refractivity contribution in [3.63, 3.8) is 0 Å². The van der Waals surface area contributed by atoms with E-state index in [4.69, 9.17) is 16.9 Å². The Morgan fingerprint density at radius 1 is 1.21 bits per heavy atom. The molecule has 2 aromatic rings. The van der Waals surface area contributed by atoms with Gasteiger partial charge in [-0.2, -0.15) is 5.26 Å². The summed E-state index contributed by atoms with van der Waals surface area (Å²) in [5, 5.41) is 13.0. The number of benzene rings is 2. The monoisotopic (exact) mass is 270 g/mol. The van der Waals surface area contributed by atoms with Crippen LogP contribution in [0.1, 0.15) is 29.7 Å². The van der Waals surface area contributed by atoms with Crippen LogP contribution in [0, 0.1) is 11.3 Å². The van der Waals surface area contributed by atoms with Crippen molar-refractivity contribution in [2.45, 2.75) is 19.5 Å². The summed E-state index contributed by atoms with van der Waals surface area (Å²) in [6.45, 7) is 2.84. The van der Waals surface area contributed by atoms with Gasteiger partial charge in [0.05, 0.1) is 11.6 Å². The number of halogens is 1. The quantitative estimate of drug-likeness (QED) is 0.909. The summed E-state index contributed by atoms with van der Waals surface area (Å²) in [4.78, 5) is 0. The van der Waals surface area contributed by atoms with Crippen LogP contribution in [-0.4, -0.2) is 0 Å². The molecule has 3 heteroatoms. The molecule has 0 aliphatic heterocycles. The summed E-state index contributed by atoms with van der Waals surface area (Å²) >= 11 is 5.87. The SMILES string of the molecule is C[C@@H](NCc1cccc(C#N)c1)c1ccc(Cl)cc1. The lowest BCUT2D eigenvalue weighted by Gasteiger charge is -2.14. The third kappa shape index (κ3) is 3.82. The van der Waals surface area contributed by atoms with E-state index in [1.165, 1.54) is 5.56 Å². The fourth-order valence-electron chi connectivity index (χ4n) is 1.89. The molecule has 0 heterocycles. The molecule has 0 aliphatic rings. The highest BCUT2D eigenvalue weighted by molar-refractivity contribution is 6.30. The molecule has 2 aromatic carbocycles. The van der Waals surface area contributed by atoms with E-state index in [1.54, 1.807) is 0 Å². The van der Waals surface area contributed by atoms with Crippen molar-refractivity contribution in [2.24, 2.45) is 0 Å². The van der Waals surface area contributed by atoms with Gasteiger partial charge in [0.1, 0.15) is 0 Å². The molecule has 2 rings (SSSR count). The number of rotatable bonds is 4. The minimum Gasteiger partial charge on any atom is -0.306 e. The Bertz CT molecular complexity index is 584. The Balaban J connectivity index is 1.98. The Morgan fingerprint density at radius 3 is 2.63 bits per heavy atom. The normalized spacial score (nSPS) is 11.8. The lowest BCUT2D eigenvalue weighted by atomic mass is 10.1. The predicted molar refractivity (Wildman–Crippen MR) is 77.9 cm³/mol. The molecule has 1 atom stereocenters. The van der Waals surface area contributed by atoms with Crippen molar-refractivity contribution >= 4 is 11.6 Å². The van der Waals surface area contributed by atoms with Gasteiger partial charge in [0, 0.05) is 17.6 Å². The van der Waals surface area contributed by atoms with Gasteiger partial charge < -0.3 is 5.32 Å². The Labute approximate surface area is 118 Å². The maximum absolute atomic E-state index is 8.86. The zero-order valence-electron chi connectivity index (χ0n) is 10.7. The predicted octanol–water partition coefficient (Wildman–Crippen LogP) is 4.06. The fourth-order valence-corrected chi connectivity index (χ4v) is 2.02. The second kappa shape index (κ2) is 6.38. The van der Waals surface area contributed by atoms with Gasteiger partial charge >= 0.3 is 0 Å². The number of nitrogens with zero attached hydrogens (tertiary/aromatic N) is 1. The molecule has 96 valence electrons. The zero-order chi connectivity index (χ0) is 13.7. The zero-order valence-corrected chi connectivity index (χ0v) is 11.5. The van der Waals surface area contributed by atoms with Gasteiger partial charge in [-0.25, -0.2) is 0 Å². The fraction of sp³-hybridized carbons (Fsp3) is 0.188. The Kier molecular flexibility index (Phi) is 4.57. The van der Waals surface area contributed by atoms with Gasteiger partial charge in [-0.3, -0.25) is 0 Å². The third-order valence-electron chi connectivity index (χ3n) is 3.04. The minimum absolute atomic E-state index is 0.239. The molecule has 0 bridgehead atoms. The van der Waals surface area contributed by atoms with E-state index in [9.17, 15) is 0 Å². The first-order valence-electron chi connectivity index (χ1n) is 6.17. The van der Waals surface area contributed by atoms with Gasteiger partial charge in [-0.1, -0.05) is 35.9 Å². The van der Waals surface area contributed by atoms with Gasteiger partial charge in [-0.05, 0) is 42.3 Å². The van der Waals surface area contributed by atoms with Crippen molar-refractivity contribution in [3.05, 3.63) is 70.2 Å². The summed E-state index contributed by atoms with van der Waals surface area (Å²) in [7, 11) is 0. The van der Waals surface area contributed by atoms with Crippen LogP contribution < -0.4 is 5.32 Å². The topological polar surface area (TPSA) is 35.8 Å². The van der Waals surface area contributed by atoms with Crippen LogP contribution >= 0.6 is 11.6 Å². The van der Waals surface area contributed by atoms with E-state index in [2.05, 4.69) is 18.3 Å². The van der Waals surface area contributed by atoms with Gasteiger partial charge in [-0.15, -0.1) is 0 Å². The third-order valence-corrected chi connectivity index (χ3v) is 3.29. The second-order valence-electron chi connectivity index (χ2n) is 4.47. The van der Waals surface area contributed by atoms with Crippen LogP contribution in [0.3, 0.4) is 0 Å². The van der Waals surface area contributed by atoms with Crippen molar-refractivity contribution in [2.75, 3.05) is 0 Å². The molecular weight excluding hydrogens is 256 g/mol. The van der Waals surface area contributed by atoms with Gasteiger partial charge in [0.25, 0.3) is 0 Å². The highest BCUT2D eigenvalue weighted by Gasteiger charge is 2.04. The standard InChI is InChI=1S/C16H15ClN2/c1-12(15-5-7-16(17)8-6-15)19-11-14-4-2-3-13(9-14)10-18/h2-9,12,19H,11H2,1H3/t12-/m1/s1. The summed E-state index contributed by atoms with van der Waals surface area (Å²) in [5.41, 5.74) is 3.00. The maximum atomic E-state index is 8.86.